The van der Waals surface area contributed by atoms with Gasteiger partial charge in [0, 0.05) is 22.5 Å². The molecule has 1 heterocycles. The maximum Gasteiger partial charge on any atom is 0.170 e. The first-order valence-corrected chi connectivity index (χ1v) is 10.6. The Hall–Kier alpha value is -3.27. The lowest BCUT2D eigenvalue weighted by Crippen LogP contribution is -2.46. The zero-order chi connectivity index (χ0) is 21.8. The van der Waals surface area contributed by atoms with Gasteiger partial charge in [0.1, 0.15) is 11.9 Å². The molecular weight excluding hydrogens is 388 g/mol. The number of rotatable bonds is 4. The van der Waals surface area contributed by atoms with Crippen molar-refractivity contribution in [3.8, 4) is 17.2 Å². The number of Topliss-reactive ketones (excluding diaryl/α,β-unsaturated/α-hetero) is 1. The van der Waals surface area contributed by atoms with Gasteiger partial charge in [0.15, 0.2) is 17.3 Å². The molecule has 2 bridgehead atoms. The fourth-order valence-electron chi connectivity index (χ4n) is 5.42. The number of hydrogen-bond donors (Lipinski definition) is 0. The average molecular weight is 415 g/mol. The molecular formula is C27H26O4. The Morgan fingerprint density at radius 2 is 1.45 bits per heavy atom. The van der Waals surface area contributed by atoms with Crippen molar-refractivity contribution in [3.63, 3.8) is 0 Å². The van der Waals surface area contributed by atoms with Gasteiger partial charge in [-0.15, -0.1) is 0 Å². The maximum absolute atomic E-state index is 14.0. The molecule has 0 radical (unpaired) electrons. The summed E-state index contributed by atoms with van der Waals surface area (Å²) in [4.78, 5) is 14.0. The molecule has 3 aromatic carbocycles. The van der Waals surface area contributed by atoms with Gasteiger partial charge in [-0.1, -0.05) is 62.4 Å². The van der Waals surface area contributed by atoms with Crippen LogP contribution < -0.4 is 14.2 Å². The normalized spacial score (nSPS) is 22.5. The number of hydrogen-bond acceptors (Lipinski definition) is 4. The first-order chi connectivity index (χ1) is 15.0. The molecule has 1 aliphatic heterocycles. The Morgan fingerprint density at radius 1 is 0.839 bits per heavy atom. The van der Waals surface area contributed by atoms with E-state index < -0.39 is 0 Å². The number of fused-ring (bicyclic) bond motifs is 6. The van der Waals surface area contributed by atoms with E-state index in [4.69, 9.17) is 14.2 Å². The van der Waals surface area contributed by atoms with Gasteiger partial charge in [0.2, 0.25) is 0 Å². The van der Waals surface area contributed by atoms with Crippen LogP contribution in [-0.2, 0) is 0 Å². The molecule has 0 amide bonds. The summed E-state index contributed by atoms with van der Waals surface area (Å²) in [5, 5.41) is 0. The van der Waals surface area contributed by atoms with Gasteiger partial charge in [-0.25, -0.2) is 0 Å². The molecule has 0 N–H and O–H groups in total. The highest BCUT2D eigenvalue weighted by atomic mass is 16.5. The van der Waals surface area contributed by atoms with Crippen LogP contribution in [0, 0.1) is 5.41 Å². The second-order valence-electron chi connectivity index (χ2n) is 8.88. The summed E-state index contributed by atoms with van der Waals surface area (Å²) in [5.74, 6) is 1.85. The minimum atomic E-state index is -0.353. The molecule has 4 heteroatoms. The second kappa shape index (κ2) is 7.16. The highest BCUT2D eigenvalue weighted by molar-refractivity contribution is 6.02. The molecule has 0 spiro atoms. The van der Waals surface area contributed by atoms with Gasteiger partial charge in [0.05, 0.1) is 20.1 Å². The first kappa shape index (κ1) is 19.7. The minimum Gasteiger partial charge on any atom is -0.493 e. The van der Waals surface area contributed by atoms with Crippen LogP contribution >= 0.6 is 0 Å². The molecule has 4 nitrogen and oxygen atoms in total. The predicted octanol–water partition coefficient (Wildman–Crippen LogP) is 5.93. The van der Waals surface area contributed by atoms with Gasteiger partial charge in [0.25, 0.3) is 0 Å². The van der Waals surface area contributed by atoms with E-state index in [-0.39, 0.29) is 29.1 Å². The van der Waals surface area contributed by atoms with Gasteiger partial charge in [-0.05, 0) is 29.3 Å². The Bertz CT molecular complexity index is 1150. The zero-order valence-electron chi connectivity index (χ0n) is 18.2. The van der Waals surface area contributed by atoms with Crippen molar-refractivity contribution in [3.05, 3.63) is 89.0 Å². The van der Waals surface area contributed by atoms with Gasteiger partial charge < -0.3 is 14.2 Å². The summed E-state index contributed by atoms with van der Waals surface area (Å²) < 4.78 is 17.7. The molecule has 0 saturated heterocycles. The predicted molar refractivity (Wildman–Crippen MR) is 119 cm³/mol. The number of benzene rings is 3. The van der Waals surface area contributed by atoms with E-state index in [1.807, 2.05) is 60.7 Å². The number of para-hydroxylation sites is 1. The van der Waals surface area contributed by atoms with Crippen molar-refractivity contribution in [2.24, 2.45) is 5.41 Å². The van der Waals surface area contributed by atoms with E-state index in [2.05, 4.69) is 19.9 Å². The summed E-state index contributed by atoms with van der Waals surface area (Å²) >= 11 is 0. The zero-order valence-corrected chi connectivity index (χ0v) is 18.2. The third kappa shape index (κ3) is 2.85. The Labute approximate surface area is 182 Å². The van der Waals surface area contributed by atoms with Crippen molar-refractivity contribution in [2.75, 3.05) is 14.2 Å². The van der Waals surface area contributed by atoms with E-state index in [1.165, 1.54) is 0 Å². The molecule has 5 rings (SSSR count). The van der Waals surface area contributed by atoms with Crippen LogP contribution in [0.1, 0.15) is 58.8 Å². The van der Waals surface area contributed by atoms with E-state index in [0.717, 1.165) is 22.4 Å². The number of ketones is 1. The van der Waals surface area contributed by atoms with E-state index in [0.29, 0.717) is 17.1 Å². The molecule has 0 fully saturated rings. The summed E-state index contributed by atoms with van der Waals surface area (Å²) in [5.41, 5.74) is 3.44. The van der Waals surface area contributed by atoms with Crippen LogP contribution in [-0.4, -0.2) is 20.0 Å². The molecule has 0 saturated carbocycles. The summed E-state index contributed by atoms with van der Waals surface area (Å²) in [7, 11) is 3.25. The highest BCUT2D eigenvalue weighted by Crippen LogP contribution is 2.64. The Kier molecular flexibility index (Phi) is 4.54. The Balaban J connectivity index is 1.80. The number of carbonyl (C=O) groups is 1. The minimum absolute atomic E-state index is 0.0271. The summed E-state index contributed by atoms with van der Waals surface area (Å²) in [6.07, 6.45) is -0.193. The maximum atomic E-state index is 14.0. The molecule has 0 aromatic heterocycles. The van der Waals surface area contributed by atoms with E-state index in [1.54, 1.807) is 14.2 Å². The Morgan fingerprint density at radius 3 is 2.13 bits per heavy atom. The molecule has 1 aliphatic carbocycles. The third-order valence-corrected chi connectivity index (χ3v) is 6.86. The summed E-state index contributed by atoms with van der Waals surface area (Å²) in [6, 6.07) is 21.6. The summed E-state index contributed by atoms with van der Waals surface area (Å²) in [6.45, 7) is 4.40. The molecule has 31 heavy (non-hydrogen) atoms. The lowest BCUT2D eigenvalue weighted by atomic mass is 9.55. The van der Waals surface area contributed by atoms with Crippen LogP contribution in [0.3, 0.4) is 0 Å². The van der Waals surface area contributed by atoms with Gasteiger partial charge >= 0.3 is 0 Å². The van der Waals surface area contributed by atoms with Gasteiger partial charge in [-0.3, -0.25) is 4.79 Å². The lowest BCUT2D eigenvalue weighted by Gasteiger charge is -2.53. The largest absolute Gasteiger partial charge is 0.493 e. The topological polar surface area (TPSA) is 44.8 Å². The second-order valence-corrected chi connectivity index (χ2v) is 8.88. The van der Waals surface area contributed by atoms with Crippen molar-refractivity contribution < 1.29 is 19.0 Å². The molecule has 3 aromatic rings. The van der Waals surface area contributed by atoms with Crippen molar-refractivity contribution in [1.82, 2.24) is 0 Å². The van der Waals surface area contributed by atoms with Crippen molar-refractivity contribution in [2.45, 2.75) is 31.8 Å². The van der Waals surface area contributed by atoms with Crippen LogP contribution in [0.25, 0.3) is 0 Å². The molecule has 3 atom stereocenters. The van der Waals surface area contributed by atoms with Crippen LogP contribution in [0.5, 0.6) is 17.2 Å². The average Bonchev–Trinajstić information content (AvgIpc) is 2.79. The molecule has 2 aliphatic rings. The van der Waals surface area contributed by atoms with Gasteiger partial charge in [-0.2, -0.15) is 0 Å². The fraction of sp³-hybridized carbons (Fsp3) is 0.296. The lowest BCUT2D eigenvalue weighted by molar-refractivity contribution is 0.00632. The quantitative estimate of drug-likeness (QED) is 0.497. The highest BCUT2D eigenvalue weighted by Gasteiger charge is 2.56. The van der Waals surface area contributed by atoms with Crippen molar-refractivity contribution in [1.29, 1.82) is 0 Å². The smallest absolute Gasteiger partial charge is 0.170 e. The fourth-order valence-corrected chi connectivity index (χ4v) is 5.42. The molecule has 158 valence electrons. The van der Waals surface area contributed by atoms with E-state index in [9.17, 15) is 4.79 Å². The number of carbonyl (C=O) groups excluding carboxylic acids is 1. The van der Waals surface area contributed by atoms with Crippen molar-refractivity contribution >= 4 is 5.78 Å². The van der Waals surface area contributed by atoms with Crippen LogP contribution in [0.2, 0.25) is 0 Å². The molecule has 0 unspecified atom stereocenters. The third-order valence-electron chi connectivity index (χ3n) is 6.86. The van der Waals surface area contributed by atoms with Crippen LogP contribution in [0.15, 0.2) is 66.7 Å². The monoisotopic (exact) mass is 414 g/mol. The standard InChI is InChI=1S/C27H26O4/c1-27(2)24-17-12-8-9-13-20(17)31-26(27)19-15-22(30-4)21(29-3)14-18(19)23(24)25(28)16-10-6-5-7-11-16/h5-15,23-24,26H,1-4H3/t23-,24+,26-/m1/s1. The number of methoxy groups -OCH3 is 2. The first-order valence-electron chi connectivity index (χ1n) is 10.6. The van der Waals surface area contributed by atoms with E-state index >= 15 is 0 Å². The number of ether oxygens (including phenoxy) is 3. The van der Waals surface area contributed by atoms with Crippen LogP contribution in [0.4, 0.5) is 0 Å². The SMILES string of the molecule is COc1cc2c(cc1OC)[C@H]1Oc3ccccc3[C@@H]([C@@H]2C(=O)c2ccccc2)C1(C)C.